The van der Waals surface area contributed by atoms with E-state index in [4.69, 9.17) is 10.7 Å². The van der Waals surface area contributed by atoms with E-state index >= 15 is 0 Å². The zero-order valence-electron chi connectivity index (χ0n) is 11.2. The van der Waals surface area contributed by atoms with E-state index in [1.807, 2.05) is 24.3 Å². The van der Waals surface area contributed by atoms with Gasteiger partial charge in [0.05, 0.1) is 6.54 Å². The van der Waals surface area contributed by atoms with Crippen LogP contribution in [0.3, 0.4) is 0 Å². The number of aromatic nitrogens is 1. The number of aryl methyl sites for hydroxylation is 1. The predicted molar refractivity (Wildman–Crippen MR) is 80.4 cm³/mol. The molecule has 0 spiro atoms. The smallest absolute Gasteiger partial charge is 0.133 e. The highest BCUT2D eigenvalue weighted by atomic mass is 32.1. The fourth-order valence-corrected chi connectivity index (χ4v) is 3.02. The molecular formula is C15H19N3S. The van der Waals surface area contributed by atoms with Crippen molar-refractivity contribution in [2.75, 3.05) is 4.90 Å². The molecule has 1 fully saturated rings. The monoisotopic (exact) mass is 273 g/mol. The molecule has 1 aliphatic carbocycles. The summed E-state index contributed by atoms with van der Waals surface area (Å²) in [7, 11) is 0. The van der Waals surface area contributed by atoms with Gasteiger partial charge >= 0.3 is 0 Å². The first kappa shape index (κ1) is 12.6. The fraction of sp³-hybridized carbons (Fsp3) is 0.400. The molecule has 1 aliphatic rings. The summed E-state index contributed by atoms with van der Waals surface area (Å²) in [6, 6.07) is 9.10. The van der Waals surface area contributed by atoms with E-state index in [9.17, 15) is 0 Å². The Morgan fingerprint density at radius 2 is 2.21 bits per heavy atom. The molecule has 0 aliphatic heterocycles. The predicted octanol–water partition coefficient (Wildman–Crippen LogP) is 3.08. The van der Waals surface area contributed by atoms with Crippen molar-refractivity contribution in [1.82, 2.24) is 4.98 Å². The number of thiophene rings is 1. The second-order valence-electron chi connectivity index (χ2n) is 5.08. The van der Waals surface area contributed by atoms with Gasteiger partial charge in [-0.15, -0.1) is 11.3 Å². The first-order valence-corrected chi connectivity index (χ1v) is 7.61. The normalized spacial score (nSPS) is 14.6. The average molecular weight is 273 g/mol. The number of nitrogens with zero attached hydrogens (tertiary/aromatic N) is 2. The summed E-state index contributed by atoms with van der Waals surface area (Å²) >= 11 is 1.81. The molecule has 100 valence electrons. The molecule has 0 atom stereocenters. The van der Waals surface area contributed by atoms with Gasteiger partial charge in [0.15, 0.2) is 0 Å². The SMILES string of the molecule is Cc1ccc(CN)c(N(Cc2cccs2)C2CC2)n1. The summed E-state index contributed by atoms with van der Waals surface area (Å²) in [5.74, 6) is 1.08. The van der Waals surface area contributed by atoms with Crippen LogP contribution in [-0.2, 0) is 13.1 Å². The molecule has 2 heterocycles. The summed E-state index contributed by atoms with van der Waals surface area (Å²) in [4.78, 5) is 8.56. The van der Waals surface area contributed by atoms with Crippen molar-refractivity contribution in [1.29, 1.82) is 0 Å². The number of nitrogens with two attached hydrogens (primary N) is 1. The van der Waals surface area contributed by atoms with E-state index in [1.165, 1.54) is 17.7 Å². The lowest BCUT2D eigenvalue weighted by Crippen LogP contribution is -2.27. The lowest BCUT2D eigenvalue weighted by Gasteiger charge is -2.25. The first-order chi connectivity index (χ1) is 9.28. The van der Waals surface area contributed by atoms with Crippen LogP contribution in [0.1, 0.15) is 29.0 Å². The minimum absolute atomic E-state index is 0.552. The van der Waals surface area contributed by atoms with Crippen LogP contribution >= 0.6 is 11.3 Å². The molecule has 0 bridgehead atoms. The van der Waals surface area contributed by atoms with Crippen LogP contribution in [0.5, 0.6) is 0 Å². The quantitative estimate of drug-likeness (QED) is 0.910. The van der Waals surface area contributed by atoms with Crippen LogP contribution in [0.4, 0.5) is 5.82 Å². The van der Waals surface area contributed by atoms with Gasteiger partial charge in [0.2, 0.25) is 0 Å². The zero-order valence-corrected chi connectivity index (χ0v) is 12.0. The van der Waals surface area contributed by atoms with Crippen LogP contribution < -0.4 is 10.6 Å². The summed E-state index contributed by atoms with van der Waals surface area (Å²) in [6.07, 6.45) is 2.54. The van der Waals surface area contributed by atoms with Crippen molar-refractivity contribution in [3.8, 4) is 0 Å². The van der Waals surface area contributed by atoms with Crippen LogP contribution in [0.25, 0.3) is 0 Å². The number of rotatable bonds is 5. The van der Waals surface area contributed by atoms with Gasteiger partial charge in [-0.05, 0) is 37.3 Å². The third kappa shape index (κ3) is 2.80. The molecule has 3 rings (SSSR count). The summed E-state index contributed by atoms with van der Waals surface area (Å²) in [6.45, 7) is 3.54. The van der Waals surface area contributed by atoms with E-state index in [0.29, 0.717) is 12.6 Å². The Hall–Kier alpha value is -1.39. The fourth-order valence-electron chi connectivity index (χ4n) is 2.31. The third-order valence-electron chi connectivity index (χ3n) is 3.48. The zero-order chi connectivity index (χ0) is 13.2. The van der Waals surface area contributed by atoms with Crippen molar-refractivity contribution in [2.45, 2.75) is 38.9 Å². The maximum absolute atomic E-state index is 5.87. The third-order valence-corrected chi connectivity index (χ3v) is 4.34. The lowest BCUT2D eigenvalue weighted by atomic mass is 10.2. The van der Waals surface area contributed by atoms with Gasteiger partial charge in [0.1, 0.15) is 5.82 Å². The highest BCUT2D eigenvalue weighted by Crippen LogP contribution is 2.34. The average Bonchev–Trinajstić information content (AvgIpc) is 3.13. The number of anilines is 1. The largest absolute Gasteiger partial charge is 0.348 e. The highest BCUT2D eigenvalue weighted by molar-refractivity contribution is 7.09. The maximum Gasteiger partial charge on any atom is 0.133 e. The van der Waals surface area contributed by atoms with E-state index < -0.39 is 0 Å². The molecule has 0 radical (unpaired) electrons. The molecule has 4 heteroatoms. The van der Waals surface area contributed by atoms with E-state index in [2.05, 4.69) is 28.5 Å². The van der Waals surface area contributed by atoms with Gasteiger partial charge < -0.3 is 10.6 Å². The van der Waals surface area contributed by atoms with Crippen molar-refractivity contribution in [2.24, 2.45) is 5.73 Å². The van der Waals surface area contributed by atoms with E-state index in [0.717, 1.165) is 23.6 Å². The van der Waals surface area contributed by atoms with Gasteiger partial charge in [-0.25, -0.2) is 4.98 Å². The minimum atomic E-state index is 0.552. The molecular weight excluding hydrogens is 254 g/mol. The molecule has 0 unspecified atom stereocenters. The van der Waals surface area contributed by atoms with Gasteiger partial charge in [-0.1, -0.05) is 12.1 Å². The Morgan fingerprint density at radius 1 is 1.37 bits per heavy atom. The molecule has 19 heavy (non-hydrogen) atoms. The van der Waals surface area contributed by atoms with E-state index in [-0.39, 0.29) is 0 Å². The Labute approximate surface area is 118 Å². The Kier molecular flexibility index (Phi) is 3.53. The van der Waals surface area contributed by atoms with Crippen molar-refractivity contribution in [3.63, 3.8) is 0 Å². The van der Waals surface area contributed by atoms with Gasteiger partial charge in [0, 0.05) is 28.7 Å². The van der Waals surface area contributed by atoms with Crippen LogP contribution in [0.2, 0.25) is 0 Å². The van der Waals surface area contributed by atoms with Gasteiger partial charge in [0.25, 0.3) is 0 Å². The summed E-state index contributed by atoms with van der Waals surface area (Å²) in [5, 5.41) is 2.13. The Balaban J connectivity index is 1.93. The molecule has 2 aromatic heterocycles. The number of hydrogen-bond donors (Lipinski definition) is 1. The Morgan fingerprint density at radius 3 is 2.84 bits per heavy atom. The van der Waals surface area contributed by atoms with Gasteiger partial charge in [-0.3, -0.25) is 0 Å². The molecule has 1 saturated carbocycles. The molecule has 0 saturated heterocycles. The van der Waals surface area contributed by atoms with Gasteiger partial charge in [-0.2, -0.15) is 0 Å². The second kappa shape index (κ2) is 5.31. The standard InChI is InChI=1S/C15H19N3S/c1-11-4-5-12(9-16)15(17-11)18(13-6-7-13)10-14-3-2-8-19-14/h2-5,8,13H,6-7,9-10,16H2,1H3. The number of pyridine rings is 1. The van der Waals surface area contributed by atoms with Crippen molar-refractivity contribution in [3.05, 3.63) is 45.8 Å². The van der Waals surface area contributed by atoms with Crippen LogP contribution in [-0.4, -0.2) is 11.0 Å². The maximum atomic E-state index is 5.87. The van der Waals surface area contributed by atoms with Crippen molar-refractivity contribution < 1.29 is 0 Å². The Bertz CT molecular complexity index is 547. The summed E-state index contributed by atoms with van der Waals surface area (Å²) in [5.41, 5.74) is 8.07. The van der Waals surface area contributed by atoms with Crippen LogP contribution in [0.15, 0.2) is 29.6 Å². The molecule has 0 aromatic carbocycles. The van der Waals surface area contributed by atoms with E-state index in [1.54, 1.807) is 0 Å². The second-order valence-corrected chi connectivity index (χ2v) is 6.11. The molecule has 0 amide bonds. The number of hydrogen-bond acceptors (Lipinski definition) is 4. The first-order valence-electron chi connectivity index (χ1n) is 6.73. The molecule has 3 nitrogen and oxygen atoms in total. The lowest BCUT2D eigenvalue weighted by molar-refractivity contribution is 0.773. The molecule has 2 aromatic rings. The van der Waals surface area contributed by atoms with Crippen molar-refractivity contribution >= 4 is 17.2 Å². The topological polar surface area (TPSA) is 42.1 Å². The molecule has 2 N–H and O–H groups in total. The highest BCUT2D eigenvalue weighted by Gasteiger charge is 2.31. The van der Waals surface area contributed by atoms with Crippen LogP contribution in [0, 0.1) is 6.92 Å². The minimum Gasteiger partial charge on any atom is -0.348 e. The summed E-state index contributed by atoms with van der Waals surface area (Å²) < 4.78 is 0.